The highest BCUT2D eigenvalue weighted by atomic mass is 79.9. The predicted octanol–water partition coefficient (Wildman–Crippen LogP) is 3.37. The first kappa shape index (κ1) is 12.9. The Balaban J connectivity index is 2.44. The van der Waals surface area contributed by atoms with Gasteiger partial charge in [0, 0.05) is 17.2 Å². The largest absolute Gasteiger partial charge is 0.504 e. The molecule has 1 aromatic heterocycles. The lowest BCUT2D eigenvalue weighted by atomic mass is 10.2. The van der Waals surface area contributed by atoms with Gasteiger partial charge in [0.1, 0.15) is 5.70 Å². The lowest BCUT2D eigenvalue weighted by Gasteiger charge is -2.28. The van der Waals surface area contributed by atoms with Gasteiger partial charge in [0.15, 0.2) is 11.6 Å². The van der Waals surface area contributed by atoms with Crippen molar-refractivity contribution >= 4 is 21.7 Å². The second-order valence-corrected chi connectivity index (χ2v) is 4.50. The molecule has 1 aliphatic heterocycles. The quantitative estimate of drug-likeness (QED) is 0.861. The maximum absolute atomic E-state index is 12.8. The van der Waals surface area contributed by atoms with Crippen LogP contribution in [0.15, 0.2) is 40.7 Å². The molecule has 0 aromatic carbocycles. The van der Waals surface area contributed by atoms with Gasteiger partial charge in [-0.15, -0.1) is 0 Å². The van der Waals surface area contributed by atoms with E-state index in [0.29, 0.717) is 4.47 Å². The van der Waals surface area contributed by atoms with Crippen LogP contribution >= 0.6 is 15.9 Å². The van der Waals surface area contributed by atoms with Crippen LogP contribution in [-0.4, -0.2) is 22.8 Å². The van der Waals surface area contributed by atoms with Gasteiger partial charge in [0.25, 0.3) is 0 Å². The molecule has 0 bridgehead atoms. The van der Waals surface area contributed by atoms with Crippen LogP contribution in [0.3, 0.4) is 0 Å². The molecule has 7 heteroatoms. The summed E-state index contributed by atoms with van der Waals surface area (Å²) in [5, 5.41) is 9.67. The summed E-state index contributed by atoms with van der Waals surface area (Å²) in [7, 11) is 0. The van der Waals surface area contributed by atoms with E-state index < -0.39 is 11.9 Å². The molecular formula is C11H8BrF3N2O. The summed E-state index contributed by atoms with van der Waals surface area (Å²) < 4.78 is 39.0. The van der Waals surface area contributed by atoms with Gasteiger partial charge in [0.2, 0.25) is 0 Å². The van der Waals surface area contributed by atoms with Gasteiger partial charge in [-0.1, -0.05) is 12.2 Å². The van der Waals surface area contributed by atoms with Crippen LogP contribution < -0.4 is 4.90 Å². The number of allylic oxidation sites excluding steroid dienone is 3. The number of aromatic hydroxyl groups is 1. The molecular weight excluding hydrogens is 313 g/mol. The molecule has 0 aliphatic carbocycles. The number of hydrogen-bond donors (Lipinski definition) is 1. The van der Waals surface area contributed by atoms with Gasteiger partial charge >= 0.3 is 6.18 Å². The molecule has 0 amide bonds. The number of halogens is 4. The Kier molecular flexibility index (Phi) is 3.34. The fourth-order valence-electron chi connectivity index (χ4n) is 1.59. The lowest BCUT2D eigenvalue weighted by molar-refractivity contribution is -0.0934. The second-order valence-electron chi connectivity index (χ2n) is 3.58. The van der Waals surface area contributed by atoms with Gasteiger partial charge < -0.3 is 10.0 Å². The third kappa shape index (κ3) is 2.50. The van der Waals surface area contributed by atoms with E-state index in [0.717, 1.165) is 11.0 Å². The number of hydrogen-bond acceptors (Lipinski definition) is 3. The summed E-state index contributed by atoms with van der Waals surface area (Å²) in [5.41, 5.74) is -0.852. The Morgan fingerprint density at radius 2 is 2.11 bits per heavy atom. The Hall–Kier alpha value is -1.50. The maximum atomic E-state index is 12.8. The van der Waals surface area contributed by atoms with E-state index >= 15 is 0 Å². The van der Waals surface area contributed by atoms with Gasteiger partial charge in [-0.3, -0.25) is 0 Å². The van der Waals surface area contributed by atoms with Crippen molar-refractivity contribution < 1.29 is 18.3 Å². The molecule has 0 saturated heterocycles. The minimum Gasteiger partial charge on any atom is -0.504 e. The Morgan fingerprint density at radius 3 is 2.72 bits per heavy atom. The lowest BCUT2D eigenvalue weighted by Crippen LogP contribution is -2.34. The summed E-state index contributed by atoms with van der Waals surface area (Å²) in [6.07, 6.45) is 0.674. The van der Waals surface area contributed by atoms with E-state index in [1.807, 2.05) is 0 Å². The minimum absolute atomic E-state index is 0.00748. The van der Waals surface area contributed by atoms with E-state index in [9.17, 15) is 18.3 Å². The summed E-state index contributed by atoms with van der Waals surface area (Å²) in [4.78, 5) is 4.74. The third-order valence-corrected chi connectivity index (χ3v) is 2.76. The van der Waals surface area contributed by atoms with Crippen molar-refractivity contribution in [2.45, 2.75) is 6.18 Å². The average molecular weight is 321 g/mol. The smallest absolute Gasteiger partial charge is 0.431 e. The van der Waals surface area contributed by atoms with Gasteiger partial charge in [-0.2, -0.15) is 13.2 Å². The molecule has 1 aromatic rings. The number of nitrogens with zero attached hydrogens (tertiary/aromatic N) is 2. The van der Waals surface area contributed by atoms with Crippen molar-refractivity contribution in [3.63, 3.8) is 0 Å². The van der Waals surface area contributed by atoms with Crippen LogP contribution in [0.2, 0.25) is 0 Å². The van der Waals surface area contributed by atoms with Gasteiger partial charge in [-0.25, -0.2) is 4.98 Å². The zero-order chi connectivity index (χ0) is 13.3. The van der Waals surface area contributed by atoms with Crippen molar-refractivity contribution in [1.82, 2.24) is 4.98 Å². The standard InChI is InChI=1S/C11H8BrF3N2O/c12-7-5-8(18)10(16-6-7)17-4-2-1-3-9(17)11(13,14)15/h1-3,5-6,18H,4H2. The highest BCUT2D eigenvalue weighted by Crippen LogP contribution is 2.37. The van der Waals surface area contributed by atoms with E-state index in [-0.39, 0.29) is 18.1 Å². The molecule has 0 atom stereocenters. The van der Waals surface area contributed by atoms with E-state index in [4.69, 9.17) is 0 Å². The first-order valence-electron chi connectivity index (χ1n) is 4.95. The zero-order valence-corrected chi connectivity index (χ0v) is 10.5. The van der Waals surface area contributed by atoms with Crippen molar-refractivity contribution in [2.24, 2.45) is 0 Å². The molecule has 0 radical (unpaired) electrons. The molecule has 1 N–H and O–H groups in total. The number of rotatable bonds is 1. The second kappa shape index (κ2) is 4.64. The molecule has 96 valence electrons. The highest BCUT2D eigenvalue weighted by molar-refractivity contribution is 9.10. The number of alkyl halides is 3. The molecule has 0 saturated carbocycles. The molecule has 0 fully saturated rings. The summed E-state index contributed by atoms with van der Waals surface area (Å²) >= 11 is 3.08. The number of anilines is 1. The van der Waals surface area contributed by atoms with Crippen molar-refractivity contribution in [1.29, 1.82) is 0 Å². The summed E-state index contributed by atoms with van der Waals surface area (Å²) in [5.74, 6) is -0.430. The summed E-state index contributed by atoms with van der Waals surface area (Å²) in [6.45, 7) is 0.00748. The van der Waals surface area contributed by atoms with E-state index in [2.05, 4.69) is 20.9 Å². The van der Waals surface area contributed by atoms with Crippen LogP contribution in [0.1, 0.15) is 0 Å². The molecule has 18 heavy (non-hydrogen) atoms. The van der Waals surface area contributed by atoms with Crippen molar-refractivity contribution in [2.75, 3.05) is 11.4 Å². The van der Waals surface area contributed by atoms with E-state index in [1.165, 1.54) is 18.3 Å². The van der Waals surface area contributed by atoms with E-state index in [1.54, 1.807) is 6.08 Å². The predicted molar refractivity (Wildman–Crippen MR) is 64.2 cm³/mol. The van der Waals surface area contributed by atoms with Crippen molar-refractivity contribution in [3.8, 4) is 5.75 Å². The molecule has 2 rings (SSSR count). The topological polar surface area (TPSA) is 36.4 Å². The highest BCUT2D eigenvalue weighted by Gasteiger charge is 2.39. The van der Waals surface area contributed by atoms with Gasteiger partial charge in [-0.05, 0) is 28.1 Å². The molecule has 3 nitrogen and oxygen atoms in total. The number of aromatic nitrogens is 1. The van der Waals surface area contributed by atoms with Crippen LogP contribution in [0.4, 0.5) is 19.0 Å². The average Bonchev–Trinajstić information content (AvgIpc) is 2.28. The Bertz CT molecular complexity index is 526. The fraction of sp³-hybridized carbons (Fsp3) is 0.182. The SMILES string of the molecule is Oc1cc(Br)cnc1N1CC=CC=C1C(F)(F)F. The Morgan fingerprint density at radius 1 is 1.39 bits per heavy atom. The fourth-order valence-corrected chi connectivity index (χ4v) is 1.91. The Labute approximate surface area is 109 Å². The van der Waals surface area contributed by atoms with Crippen LogP contribution in [0, 0.1) is 0 Å². The summed E-state index contributed by atoms with van der Waals surface area (Å²) in [6, 6.07) is 1.30. The molecule has 0 spiro atoms. The van der Waals surface area contributed by atoms with Crippen LogP contribution in [-0.2, 0) is 0 Å². The normalized spacial score (nSPS) is 15.8. The monoisotopic (exact) mass is 320 g/mol. The molecule has 2 heterocycles. The molecule has 1 aliphatic rings. The van der Waals surface area contributed by atoms with Crippen LogP contribution in [0.5, 0.6) is 5.75 Å². The first-order valence-corrected chi connectivity index (χ1v) is 5.75. The maximum Gasteiger partial charge on any atom is 0.431 e. The minimum atomic E-state index is -4.49. The van der Waals surface area contributed by atoms with Crippen molar-refractivity contribution in [3.05, 3.63) is 40.7 Å². The van der Waals surface area contributed by atoms with Crippen LogP contribution in [0.25, 0.3) is 0 Å². The molecule has 0 unspecified atom stereocenters. The first-order chi connectivity index (χ1) is 8.39. The number of pyridine rings is 1. The van der Waals surface area contributed by atoms with Gasteiger partial charge in [0.05, 0.1) is 0 Å². The third-order valence-electron chi connectivity index (χ3n) is 2.33. The zero-order valence-electron chi connectivity index (χ0n) is 8.95.